The van der Waals surface area contributed by atoms with Crippen molar-refractivity contribution in [3.05, 3.63) is 0 Å². The second-order valence-electron chi connectivity index (χ2n) is 5.07. The Kier molecular flexibility index (Phi) is 5.97. The zero-order valence-corrected chi connectivity index (χ0v) is 12.9. The summed E-state index contributed by atoms with van der Waals surface area (Å²) in [5.41, 5.74) is 0. The van der Waals surface area contributed by atoms with E-state index in [1.165, 1.54) is 4.90 Å². The van der Waals surface area contributed by atoms with Crippen LogP contribution in [0.4, 0.5) is 4.79 Å². The number of nitrogens with zero attached hydrogens (tertiary/aromatic N) is 2. The molecule has 5 nitrogen and oxygen atoms in total. The maximum Gasteiger partial charge on any atom is 0.323 e. The Labute approximate surface area is 119 Å². The standard InChI is InChI=1S/C13H24N2O3S/c1-5-9(2)15(8-12(16)17)13(18)14-6-7-19-11(4)10(14)3/h9-11H,5-8H2,1-4H3,(H,16,17). The first-order valence-electron chi connectivity index (χ1n) is 6.79. The topological polar surface area (TPSA) is 60.9 Å². The van der Waals surface area contributed by atoms with Gasteiger partial charge in [0.25, 0.3) is 0 Å². The van der Waals surface area contributed by atoms with Crippen LogP contribution in [0.25, 0.3) is 0 Å². The van der Waals surface area contributed by atoms with E-state index in [1.807, 2.05) is 37.4 Å². The van der Waals surface area contributed by atoms with Crippen LogP contribution < -0.4 is 0 Å². The molecule has 0 bridgehead atoms. The fourth-order valence-corrected chi connectivity index (χ4v) is 3.25. The highest BCUT2D eigenvalue weighted by Crippen LogP contribution is 2.25. The molecule has 6 heteroatoms. The predicted octanol–water partition coefficient (Wildman–Crippen LogP) is 2.12. The van der Waals surface area contributed by atoms with Gasteiger partial charge in [-0.05, 0) is 20.3 Å². The first-order valence-corrected chi connectivity index (χ1v) is 7.84. The molecule has 1 aliphatic rings. The number of hydrogen-bond donors (Lipinski definition) is 1. The zero-order valence-electron chi connectivity index (χ0n) is 12.1. The fourth-order valence-electron chi connectivity index (χ4n) is 2.15. The number of thioether (sulfide) groups is 1. The molecule has 0 aromatic rings. The van der Waals surface area contributed by atoms with Crippen molar-refractivity contribution in [3.63, 3.8) is 0 Å². The summed E-state index contributed by atoms with van der Waals surface area (Å²) in [5.74, 6) is -0.0423. The minimum atomic E-state index is -0.958. The lowest BCUT2D eigenvalue weighted by atomic mass is 10.2. The average molecular weight is 288 g/mol. The van der Waals surface area contributed by atoms with E-state index < -0.39 is 5.97 Å². The third-order valence-electron chi connectivity index (χ3n) is 3.80. The summed E-state index contributed by atoms with van der Waals surface area (Å²) in [6.45, 7) is 8.47. The van der Waals surface area contributed by atoms with E-state index in [-0.39, 0.29) is 24.7 Å². The number of hydrogen-bond acceptors (Lipinski definition) is 3. The monoisotopic (exact) mass is 288 g/mol. The zero-order chi connectivity index (χ0) is 14.6. The second-order valence-corrected chi connectivity index (χ2v) is 6.56. The van der Waals surface area contributed by atoms with Gasteiger partial charge in [0.05, 0.1) is 0 Å². The van der Waals surface area contributed by atoms with Crippen LogP contribution in [-0.4, -0.2) is 63.1 Å². The van der Waals surface area contributed by atoms with Gasteiger partial charge in [-0.2, -0.15) is 11.8 Å². The first kappa shape index (κ1) is 16.1. The van der Waals surface area contributed by atoms with Crippen LogP contribution in [0, 0.1) is 0 Å². The van der Waals surface area contributed by atoms with Gasteiger partial charge in [-0.1, -0.05) is 13.8 Å². The van der Waals surface area contributed by atoms with E-state index >= 15 is 0 Å². The lowest BCUT2D eigenvalue weighted by Gasteiger charge is -2.41. The highest BCUT2D eigenvalue weighted by molar-refractivity contribution is 8.00. The van der Waals surface area contributed by atoms with Gasteiger partial charge in [0.1, 0.15) is 6.54 Å². The number of urea groups is 1. The Bertz CT molecular complexity index is 338. The van der Waals surface area contributed by atoms with E-state index in [0.717, 1.165) is 12.2 Å². The van der Waals surface area contributed by atoms with Crippen molar-refractivity contribution in [1.82, 2.24) is 9.80 Å². The molecule has 1 aliphatic heterocycles. The molecule has 3 atom stereocenters. The van der Waals surface area contributed by atoms with Crippen molar-refractivity contribution in [3.8, 4) is 0 Å². The number of aliphatic carboxylic acids is 1. The molecule has 1 N–H and O–H groups in total. The lowest BCUT2D eigenvalue weighted by Crippen LogP contribution is -2.55. The molecule has 1 heterocycles. The highest BCUT2D eigenvalue weighted by atomic mass is 32.2. The number of carbonyl (C=O) groups excluding carboxylic acids is 1. The minimum absolute atomic E-state index is 0.0549. The summed E-state index contributed by atoms with van der Waals surface area (Å²) >= 11 is 1.86. The summed E-state index contributed by atoms with van der Waals surface area (Å²) in [5, 5.41) is 9.37. The molecule has 0 aliphatic carbocycles. The Balaban J connectivity index is 2.82. The van der Waals surface area contributed by atoms with Gasteiger partial charge in [0.2, 0.25) is 0 Å². The summed E-state index contributed by atoms with van der Waals surface area (Å²) in [6.07, 6.45) is 0.756. The largest absolute Gasteiger partial charge is 0.480 e. The molecule has 2 amide bonds. The maximum atomic E-state index is 12.6. The Morgan fingerprint density at radius 3 is 2.63 bits per heavy atom. The number of carboxylic acids is 1. The van der Waals surface area contributed by atoms with E-state index in [0.29, 0.717) is 11.8 Å². The molecule has 0 aromatic carbocycles. The second kappa shape index (κ2) is 7.03. The number of carbonyl (C=O) groups is 2. The number of rotatable bonds is 4. The summed E-state index contributed by atoms with van der Waals surface area (Å²) in [7, 11) is 0. The van der Waals surface area contributed by atoms with Gasteiger partial charge in [0, 0.05) is 29.6 Å². The average Bonchev–Trinajstić information content (AvgIpc) is 2.37. The third-order valence-corrected chi connectivity index (χ3v) is 5.14. The SMILES string of the molecule is CCC(C)N(CC(=O)O)C(=O)N1CCSC(C)C1C. The minimum Gasteiger partial charge on any atom is -0.480 e. The molecule has 0 radical (unpaired) electrons. The molecule has 110 valence electrons. The van der Waals surface area contributed by atoms with Crippen LogP contribution in [0.2, 0.25) is 0 Å². The van der Waals surface area contributed by atoms with Crippen LogP contribution in [0.15, 0.2) is 0 Å². The molecule has 0 saturated carbocycles. The van der Waals surface area contributed by atoms with Crippen molar-refractivity contribution < 1.29 is 14.7 Å². The maximum absolute atomic E-state index is 12.6. The van der Waals surface area contributed by atoms with Crippen molar-refractivity contribution in [1.29, 1.82) is 0 Å². The van der Waals surface area contributed by atoms with E-state index in [4.69, 9.17) is 5.11 Å². The molecule has 1 fully saturated rings. The van der Waals surface area contributed by atoms with E-state index in [1.54, 1.807) is 0 Å². The summed E-state index contributed by atoms with van der Waals surface area (Å²) in [4.78, 5) is 26.8. The normalized spacial score (nSPS) is 24.9. The predicted molar refractivity (Wildman–Crippen MR) is 77.6 cm³/mol. The Morgan fingerprint density at radius 2 is 2.11 bits per heavy atom. The van der Waals surface area contributed by atoms with Crippen molar-refractivity contribution in [2.75, 3.05) is 18.8 Å². The van der Waals surface area contributed by atoms with Gasteiger partial charge in [-0.15, -0.1) is 0 Å². The van der Waals surface area contributed by atoms with Crippen LogP contribution in [0.5, 0.6) is 0 Å². The van der Waals surface area contributed by atoms with Crippen LogP contribution >= 0.6 is 11.8 Å². The third kappa shape index (κ3) is 4.03. The molecule has 0 aromatic heterocycles. The van der Waals surface area contributed by atoms with Crippen LogP contribution in [0.1, 0.15) is 34.1 Å². The van der Waals surface area contributed by atoms with E-state index in [9.17, 15) is 9.59 Å². The smallest absolute Gasteiger partial charge is 0.323 e. The van der Waals surface area contributed by atoms with E-state index in [2.05, 4.69) is 6.92 Å². The molecule has 1 saturated heterocycles. The molecule has 0 spiro atoms. The molecule has 3 unspecified atom stereocenters. The quantitative estimate of drug-likeness (QED) is 0.861. The molecular weight excluding hydrogens is 264 g/mol. The van der Waals surface area contributed by atoms with Crippen molar-refractivity contribution >= 4 is 23.8 Å². The first-order chi connectivity index (χ1) is 8.88. The van der Waals surface area contributed by atoms with Gasteiger partial charge in [-0.3, -0.25) is 4.79 Å². The summed E-state index contributed by atoms with van der Waals surface area (Å²) in [6, 6.07) is -0.0521. The van der Waals surface area contributed by atoms with Gasteiger partial charge in [-0.25, -0.2) is 4.79 Å². The Hall–Kier alpha value is -0.910. The van der Waals surface area contributed by atoms with Crippen molar-refractivity contribution in [2.45, 2.75) is 51.4 Å². The van der Waals surface area contributed by atoms with Gasteiger partial charge < -0.3 is 14.9 Å². The van der Waals surface area contributed by atoms with Gasteiger partial charge in [0.15, 0.2) is 0 Å². The Morgan fingerprint density at radius 1 is 1.47 bits per heavy atom. The number of amides is 2. The van der Waals surface area contributed by atoms with Crippen LogP contribution in [-0.2, 0) is 4.79 Å². The van der Waals surface area contributed by atoms with Crippen molar-refractivity contribution in [2.24, 2.45) is 0 Å². The number of carboxylic acid groups (broad SMARTS) is 1. The fraction of sp³-hybridized carbons (Fsp3) is 0.846. The molecule has 1 rings (SSSR count). The van der Waals surface area contributed by atoms with Gasteiger partial charge >= 0.3 is 12.0 Å². The molecule has 19 heavy (non-hydrogen) atoms. The highest BCUT2D eigenvalue weighted by Gasteiger charge is 2.33. The van der Waals surface area contributed by atoms with Crippen LogP contribution in [0.3, 0.4) is 0 Å². The lowest BCUT2D eigenvalue weighted by molar-refractivity contribution is -0.138. The molecular formula is C13H24N2O3S. The summed E-state index contributed by atoms with van der Waals surface area (Å²) < 4.78 is 0.